The van der Waals surface area contributed by atoms with Crippen molar-refractivity contribution in [2.24, 2.45) is 0 Å². The van der Waals surface area contributed by atoms with Crippen molar-refractivity contribution in [2.75, 3.05) is 31.1 Å². The van der Waals surface area contributed by atoms with E-state index in [0.29, 0.717) is 6.54 Å². The van der Waals surface area contributed by atoms with Gasteiger partial charge in [-0.05, 0) is 44.2 Å². The van der Waals surface area contributed by atoms with Gasteiger partial charge < -0.3 is 9.80 Å². The van der Waals surface area contributed by atoms with E-state index in [-0.39, 0.29) is 11.9 Å². The van der Waals surface area contributed by atoms with Crippen LogP contribution < -0.4 is 4.90 Å². The van der Waals surface area contributed by atoms with Gasteiger partial charge in [-0.15, -0.1) is 0 Å². The lowest BCUT2D eigenvalue weighted by atomic mass is 10.0. The number of hydrogen-bond donors (Lipinski definition) is 0. The van der Waals surface area contributed by atoms with Gasteiger partial charge in [-0.1, -0.05) is 12.1 Å². The fourth-order valence-electron chi connectivity index (χ4n) is 4.00. The van der Waals surface area contributed by atoms with Crippen molar-refractivity contribution >= 4 is 11.6 Å². The smallest absolute Gasteiger partial charge is 0.256 e. The Hall–Kier alpha value is -2.37. The Labute approximate surface area is 148 Å². The molecule has 2 saturated heterocycles. The third-order valence-corrected chi connectivity index (χ3v) is 5.33. The first-order valence-corrected chi connectivity index (χ1v) is 9.30. The van der Waals surface area contributed by atoms with Gasteiger partial charge in [-0.2, -0.15) is 5.10 Å². The van der Waals surface area contributed by atoms with Gasteiger partial charge in [0.1, 0.15) is 12.7 Å². The lowest BCUT2D eigenvalue weighted by Gasteiger charge is -2.35. The number of aromatic nitrogens is 3. The Balaban J connectivity index is 1.54. The van der Waals surface area contributed by atoms with E-state index in [4.69, 9.17) is 0 Å². The highest BCUT2D eigenvalue weighted by Gasteiger charge is 2.28. The molecular weight excluding hydrogens is 314 g/mol. The molecule has 0 N–H and O–H groups in total. The number of benzene rings is 1. The van der Waals surface area contributed by atoms with E-state index >= 15 is 0 Å². The first-order valence-electron chi connectivity index (χ1n) is 9.30. The molecule has 25 heavy (non-hydrogen) atoms. The van der Waals surface area contributed by atoms with Crippen molar-refractivity contribution in [1.29, 1.82) is 0 Å². The minimum Gasteiger partial charge on any atom is -0.371 e. The van der Waals surface area contributed by atoms with Crippen molar-refractivity contribution in [2.45, 2.75) is 38.1 Å². The number of hydrogen-bond acceptors (Lipinski definition) is 4. The molecule has 2 aromatic rings. The predicted octanol–water partition coefficient (Wildman–Crippen LogP) is 2.75. The summed E-state index contributed by atoms with van der Waals surface area (Å²) in [7, 11) is 0. The Morgan fingerprint density at radius 3 is 2.68 bits per heavy atom. The van der Waals surface area contributed by atoms with Crippen LogP contribution >= 0.6 is 0 Å². The summed E-state index contributed by atoms with van der Waals surface area (Å²) in [4.78, 5) is 21.6. The third kappa shape index (κ3) is 3.38. The quantitative estimate of drug-likeness (QED) is 0.863. The average Bonchev–Trinajstić information content (AvgIpc) is 3.23. The van der Waals surface area contributed by atoms with E-state index < -0.39 is 0 Å². The maximum absolute atomic E-state index is 13.2. The number of anilines is 1. The molecule has 2 aliphatic rings. The molecule has 0 radical (unpaired) electrons. The van der Waals surface area contributed by atoms with Crippen LogP contribution in [0.4, 0.5) is 5.69 Å². The molecule has 2 fully saturated rings. The zero-order chi connectivity index (χ0) is 17.1. The first kappa shape index (κ1) is 16.1. The zero-order valence-corrected chi connectivity index (χ0v) is 14.5. The topological polar surface area (TPSA) is 54.3 Å². The number of nitrogens with zero attached hydrogens (tertiary/aromatic N) is 5. The van der Waals surface area contributed by atoms with Crippen LogP contribution in [-0.2, 0) is 0 Å². The normalized spacial score (nSPS) is 21.4. The van der Waals surface area contributed by atoms with Crippen molar-refractivity contribution in [3.8, 4) is 0 Å². The summed E-state index contributed by atoms with van der Waals surface area (Å²) in [6, 6.07) is 8.31. The fourth-order valence-corrected chi connectivity index (χ4v) is 4.00. The average molecular weight is 339 g/mol. The van der Waals surface area contributed by atoms with Gasteiger partial charge in [-0.25, -0.2) is 9.67 Å². The summed E-state index contributed by atoms with van der Waals surface area (Å²) in [5.74, 6) is 0.144. The van der Waals surface area contributed by atoms with Crippen LogP contribution in [-0.4, -0.2) is 51.8 Å². The van der Waals surface area contributed by atoms with E-state index in [0.717, 1.165) is 43.7 Å². The summed E-state index contributed by atoms with van der Waals surface area (Å²) < 4.78 is 1.88. The number of carbonyl (C=O) groups is 1. The molecular formula is C19H25N5O. The van der Waals surface area contributed by atoms with Crippen molar-refractivity contribution in [3.63, 3.8) is 0 Å². The van der Waals surface area contributed by atoms with Crippen LogP contribution in [0.5, 0.6) is 0 Å². The lowest BCUT2D eigenvalue weighted by molar-refractivity contribution is 0.0673. The van der Waals surface area contributed by atoms with Gasteiger partial charge in [-0.3, -0.25) is 4.79 Å². The molecule has 0 aliphatic carbocycles. The molecule has 132 valence electrons. The van der Waals surface area contributed by atoms with E-state index in [1.807, 2.05) is 27.8 Å². The summed E-state index contributed by atoms with van der Waals surface area (Å²) in [6.07, 6.45) is 9.06. The monoisotopic (exact) mass is 339 g/mol. The van der Waals surface area contributed by atoms with Crippen LogP contribution in [0.3, 0.4) is 0 Å². The summed E-state index contributed by atoms with van der Waals surface area (Å²) in [5.41, 5.74) is 1.93. The zero-order valence-electron chi connectivity index (χ0n) is 14.5. The SMILES string of the molecule is O=C(c1ccccc1N1CCCCC1)N1CCC[C@H](n2cncn2)C1. The molecule has 3 heterocycles. The second-order valence-corrected chi connectivity index (χ2v) is 6.99. The third-order valence-electron chi connectivity index (χ3n) is 5.33. The largest absolute Gasteiger partial charge is 0.371 e. The Kier molecular flexibility index (Phi) is 4.68. The molecule has 1 aromatic carbocycles. The van der Waals surface area contributed by atoms with Crippen molar-refractivity contribution < 1.29 is 4.79 Å². The second kappa shape index (κ2) is 7.25. The molecule has 0 bridgehead atoms. The summed E-state index contributed by atoms with van der Waals surface area (Å²) in [6.45, 7) is 3.62. The van der Waals surface area contributed by atoms with Crippen LogP contribution in [0.25, 0.3) is 0 Å². The highest BCUT2D eigenvalue weighted by molar-refractivity contribution is 6.00. The predicted molar refractivity (Wildman–Crippen MR) is 96.7 cm³/mol. The molecule has 0 spiro atoms. The van der Waals surface area contributed by atoms with Gasteiger partial charge in [0.2, 0.25) is 0 Å². The van der Waals surface area contributed by atoms with Gasteiger partial charge in [0, 0.05) is 31.9 Å². The maximum Gasteiger partial charge on any atom is 0.256 e. The van der Waals surface area contributed by atoms with Gasteiger partial charge in [0.15, 0.2) is 0 Å². The van der Waals surface area contributed by atoms with Crippen LogP contribution in [0.15, 0.2) is 36.9 Å². The standard InChI is InChI=1S/C19H25N5O/c25-19(23-12-6-7-16(13-23)24-15-20-14-21-24)17-8-2-3-9-18(17)22-10-4-1-5-11-22/h2-3,8-9,14-16H,1,4-7,10-13H2/t16-/m0/s1. The van der Waals surface area contributed by atoms with Gasteiger partial charge in [0.05, 0.1) is 11.6 Å². The minimum absolute atomic E-state index is 0.144. The molecule has 0 unspecified atom stereocenters. The Morgan fingerprint density at radius 1 is 1.04 bits per heavy atom. The number of rotatable bonds is 3. The van der Waals surface area contributed by atoms with Crippen LogP contribution in [0.2, 0.25) is 0 Å². The number of piperidine rings is 2. The van der Waals surface area contributed by atoms with E-state index in [1.54, 1.807) is 12.7 Å². The molecule has 1 aromatic heterocycles. The lowest BCUT2D eigenvalue weighted by Crippen LogP contribution is -2.41. The molecule has 1 amide bonds. The molecule has 6 nitrogen and oxygen atoms in total. The second-order valence-electron chi connectivity index (χ2n) is 6.99. The van der Waals surface area contributed by atoms with E-state index in [9.17, 15) is 4.79 Å². The summed E-state index contributed by atoms with van der Waals surface area (Å²) in [5, 5.41) is 4.26. The number of likely N-dealkylation sites (tertiary alicyclic amines) is 1. The van der Waals surface area contributed by atoms with Gasteiger partial charge >= 0.3 is 0 Å². The van der Waals surface area contributed by atoms with Crippen molar-refractivity contribution in [3.05, 3.63) is 42.5 Å². The van der Waals surface area contributed by atoms with Gasteiger partial charge in [0.25, 0.3) is 5.91 Å². The number of amides is 1. The number of para-hydroxylation sites is 1. The van der Waals surface area contributed by atoms with E-state index in [1.165, 1.54) is 19.3 Å². The highest BCUT2D eigenvalue weighted by atomic mass is 16.2. The van der Waals surface area contributed by atoms with E-state index in [2.05, 4.69) is 21.0 Å². The molecule has 6 heteroatoms. The number of carbonyl (C=O) groups excluding carboxylic acids is 1. The molecule has 0 saturated carbocycles. The van der Waals surface area contributed by atoms with Crippen LogP contribution in [0.1, 0.15) is 48.5 Å². The molecule has 4 rings (SSSR count). The maximum atomic E-state index is 13.2. The summed E-state index contributed by atoms with van der Waals surface area (Å²) >= 11 is 0. The first-order chi connectivity index (χ1) is 12.3. The minimum atomic E-state index is 0.144. The molecule has 1 atom stereocenters. The molecule has 2 aliphatic heterocycles. The van der Waals surface area contributed by atoms with Crippen molar-refractivity contribution in [1.82, 2.24) is 19.7 Å². The highest BCUT2D eigenvalue weighted by Crippen LogP contribution is 2.28. The fraction of sp³-hybridized carbons (Fsp3) is 0.526. The van der Waals surface area contributed by atoms with Crippen LogP contribution in [0, 0.1) is 0 Å². The Bertz CT molecular complexity index is 708. The Morgan fingerprint density at radius 2 is 1.88 bits per heavy atom.